The van der Waals surface area contributed by atoms with Crippen LogP contribution in [0.3, 0.4) is 0 Å². The number of thiazole rings is 1. The smallest absolute Gasteiger partial charge is 0.273 e. The number of halogens is 1. The van der Waals surface area contributed by atoms with Gasteiger partial charge in [0.05, 0.1) is 18.6 Å². The molecule has 12 heteroatoms. The molecule has 0 bridgehead atoms. The second-order valence-electron chi connectivity index (χ2n) is 9.71. The number of thioether (sulfide) groups is 1. The van der Waals surface area contributed by atoms with Gasteiger partial charge in [-0.15, -0.1) is 21.5 Å². The molecule has 1 saturated heterocycles. The van der Waals surface area contributed by atoms with Gasteiger partial charge in [0, 0.05) is 60.2 Å². The summed E-state index contributed by atoms with van der Waals surface area (Å²) >= 11 is 9.38. The number of piperazine rings is 1. The van der Waals surface area contributed by atoms with E-state index in [1.807, 2.05) is 64.2 Å². The largest absolute Gasteiger partial charge is 0.497 e. The maximum absolute atomic E-state index is 13.3. The molecule has 3 aromatic heterocycles. The second-order valence-corrected chi connectivity index (χ2v) is 12.0. The molecule has 0 N–H and O–H groups in total. The molecular weight excluding hydrogens is 590 g/mol. The van der Waals surface area contributed by atoms with Gasteiger partial charge in [0.1, 0.15) is 16.5 Å². The van der Waals surface area contributed by atoms with Crippen LogP contribution in [0.1, 0.15) is 21.1 Å². The first-order valence-electron chi connectivity index (χ1n) is 13.4. The van der Waals surface area contributed by atoms with Crippen molar-refractivity contribution in [3.63, 3.8) is 0 Å². The number of anilines is 1. The van der Waals surface area contributed by atoms with Crippen LogP contribution in [0.4, 0.5) is 5.69 Å². The Kier molecular flexibility index (Phi) is 8.41. The molecule has 4 heterocycles. The number of ether oxygens (including phenoxy) is 1. The molecule has 1 fully saturated rings. The predicted octanol–water partition coefficient (Wildman–Crippen LogP) is 6.01. The van der Waals surface area contributed by atoms with Crippen molar-refractivity contribution in [2.75, 3.05) is 38.2 Å². The van der Waals surface area contributed by atoms with E-state index in [1.54, 1.807) is 19.5 Å². The highest BCUT2D eigenvalue weighted by molar-refractivity contribution is 7.98. The first-order chi connectivity index (χ1) is 20.5. The molecule has 6 rings (SSSR count). The van der Waals surface area contributed by atoms with Gasteiger partial charge in [-0.1, -0.05) is 29.4 Å². The molecule has 2 aromatic carbocycles. The molecule has 0 saturated carbocycles. The highest BCUT2D eigenvalue weighted by Crippen LogP contribution is 2.32. The SMILES string of the molecule is COc1ccc(N2CCN(C(=O)c3csc(CSc4nnc(-c5cccnc5)n4-c4cc(Cl)ccc4C)n3)CC2)cc1. The first kappa shape index (κ1) is 28.2. The molecule has 9 nitrogen and oxygen atoms in total. The van der Waals surface area contributed by atoms with Crippen molar-refractivity contribution in [3.05, 3.63) is 93.7 Å². The fourth-order valence-corrected chi connectivity index (χ4v) is 6.71. The zero-order valence-electron chi connectivity index (χ0n) is 23.1. The first-order valence-corrected chi connectivity index (χ1v) is 15.6. The monoisotopic (exact) mass is 617 g/mol. The number of aryl methyl sites for hydroxylation is 1. The molecular formula is C30H28ClN7O2S2. The van der Waals surface area contributed by atoms with Gasteiger partial charge in [0.25, 0.3) is 5.91 Å². The van der Waals surface area contributed by atoms with Crippen LogP contribution in [0.5, 0.6) is 5.75 Å². The molecule has 214 valence electrons. The molecule has 0 unspecified atom stereocenters. The molecule has 0 aliphatic carbocycles. The van der Waals surface area contributed by atoms with Crippen molar-refractivity contribution in [1.82, 2.24) is 29.6 Å². The lowest BCUT2D eigenvalue weighted by molar-refractivity contribution is 0.0741. The van der Waals surface area contributed by atoms with E-state index in [0.29, 0.717) is 40.5 Å². The summed E-state index contributed by atoms with van der Waals surface area (Å²) in [6.07, 6.45) is 3.50. The summed E-state index contributed by atoms with van der Waals surface area (Å²) in [6, 6.07) is 17.6. The number of pyridine rings is 1. The Morgan fingerprint density at radius 1 is 1.07 bits per heavy atom. The van der Waals surface area contributed by atoms with Gasteiger partial charge in [-0.2, -0.15) is 0 Å². The lowest BCUT2D eigenvalue weighted by Crippen LogP contribution is -2.48. The maximum atomic E-state index is 13.3. The van der Waals surface area contributed by atoms with Gasteiger partial charge in [0.2, 0.25) is 0 Å². The highest BCUT2D eigenvalue weighted by atomic mass is 35.5. The van der Waals surface area contributed by atoms with E-state index in [4.69, 9.17) is 16.3 Å². The second kappa shape index (κ2) is 12.5. The minimum absolute atomic E-state index is 0.0338. The number of nitrogens with zero attached hydrogens (tertiary/aromatic N) is 7. The predicted molar refractivity (Wildman–Crippen MR) is 167 cm³/mol. The third-order valence-corrected chi connectivity index (χ3v) is 9.27. The van der Waals surface area contributed by atoms with Crippen molar-refractivity contribution in [2.45, 2.75) is 17.8 Å². The number of hydrogen-bond donors (Lipinski definition) is 0. The number of amides is 1. The molecule has 1 aliphatic heterocycles. The summed E-state index contributed by atoms with van der Waals surface area (Å²) in [5.41, 5.74) is 4.41. The van der Waals surface area contributed by atoms with Crippen LogP contribution >= 0.6 is 34.7 Å². The standard InChI is InChI=1S/C30H28ClN7O2S2/c1-20-5-6-22(31)16-26(20)38-28(21-4-3-11-32-17-21)34-35-30(38)42-19-27-33-25(18-41-27)29(39)37-14-12-36(13-15-37)23-7-9-24(40-2)10-8-23/h3-11,16-18H,12-15,19H2,1-2H3. The van der Waals surface area contributed by atoms with Crippen molar-refractivity contribution < 1.29 is 9.53 Å². The number of hydrogen-bond acceptors (Lipinski definition) is 9. The molecule has 1 amide bonds. The number of aromatic nitrogens is 5. The lowest BCUT2D eigenvalue weighted by Gasteiger charge is -2.35. The average molecular weight is 618 g/mol. The van der Waals surface area contributed by atoms with Crippen LogP contribution in [-0.2, 0) is 5.75 Å². The summed E-state index contributed by atoms with van der Waals surface area (Å²) in [5.74, 6) is 2.03. The average Bonchev–Trinajstić information content (AvgIpc) is 3.69. The number of methoxy groups -OCH3 is 1. The third kappa shape index (κ3) is 5.99. The van der Waals surface area contributed by atoms with Gasteiger partial charge >= 0.3 is 0 Å². The van der Waals surface area contributed by atoms with Crippen LogP contribution in [-0.4, -0.2) is 68.8 Å². The van der Waals surface area contributed by atoms with E-state index in [9.17, 15) is 4.79 Å². The summed E-state index contributed by atoms with van der Waals surface area (Å²) < 4.78 is 7.26. The Hall–Kier alpha value is -3.93. The number of carbonyl (C=O) groups is 1. The number of rotatable bonds is 8. The zero-order chi connectivity index (χ0) is 29.1. The molecule has 0 spiro atoms. The van der Waals surface area contributed by atoms with Gasteiger partial charge in [-0.05, 0) is 61.0 Å². The third-order valence-electron chi connectivity index (χ3n) is 7.07. The summed E-state index contributed by atoms with van der Waals surface area (Å²) in [4.78, 5) is 26.4. The van der Waals surface area contributed by atoms with Crippen molar-refractivity contribution in [1.29, 1.82) is 0 Å². The summed E-state index contributed by atoms with van der Waals surface area (Å²) in [7, 11) is 1.66. The molecule has 42 heavy (non-hydrogen) atoms. The van der Waals surface area contributed by atoms with Gasteiger partial charge < -0.3 is 14.5 Å². The molecule has 0 radical (unpaired) electrons. The number of benzene rings is 2. The van der Waals surface area contributed by atoms with Crippen LogP contribution in [0.15, 0.2) is 77.5 Å². The van der Waals surface area contributed by atoms with E-state index in [1.165, 1.54) is 23.1 Å². The normalized spacial score (nSPS) is 13.4. The van der Waals surface area contributed by atoms with Crippen LogP contribution in [0.25, 0.3) is 17.1 Å². The van der Waals surface area contributed by atoms with Crippen LogP contribution < -0.4 is 9.64 Å². The van der Waals surface area contributed by atoms with Crippen molar-refractivity contribution in [3.8, 4) is 22.8 Å². The fourth-order valence-electron chi connectivity index (χ4n) is 4.81. The quantitative estimate of drug-likeness (QED) is 0.196. The van der Waals surface area contributed by atoms with E-state index >= 15 is 0 Å². The molecule has 5 aromatic rings. The van der Waals surface area contributed by atoms with E-state index in [0.717, 1.165) is 46.3 Å². The Morgan fingerprint density at radius 3 is 2.62 bits per heavy atom. The van der Waals surface area contributed by atoms with Gasteiger partial charge in [-0.25, -0.2) is 4.98 Å². The maximum Gasteiger partial charge on any atom is 0.273 e. The zero-order valence-corrected chi connectivity index (χ0v) is 25.5. The Morgan fingerprint density at radius 2 is 1.88 bits per heavy atom. The van der Waals surface area contributed by atoms with Crippen LogP contribution in [0, 0.1) is 6.92 Å². The van der Waals surface area contributed by atoms with Crippen LogP contribution in [0.2, 0.25) is 5.02 Å². The van der Waals surface area contributed by atoms with Crippen molar-refractivity contribution >= 4 is 46.3 Å². The summed E-state index contributed by atoms with van der Waals surface area (Å²) in [5, 5.41) is 13.0. The minimum atomic E-state index is -0.0338. The fraction of sp³-hybridized carbons (Fsp3) is 0.233. The van der Waals surface area contributed by atoms with E-state index in [-0.39, 0.29) is 5.91 Å². The Bertz CT molecular complexity index is 1680. The van der Waals surface area contributed by atoms with Gasteiger partial charge in [0.15, 0.2) is 11.0 Å². The lowest BCUT2D eigenvalue weighted by atomic mass is 10.2. The minimum Gasteiger partial charge on any atom is -0.497 e. The van der Waals surface area contributed by atoms with Crippen molar-refractivity contribution in [2.24, 2.45) is 0 Å². The highest BCUT2D eigenvalue weighted by Gasteiger charge is 2.25. The van der Waals surface area contributed by atoms with E-state index in [2.05, 4.69) is 37.2 Å². The summed E-state index contributed by atoms with van der Waals surface area (Å²) in [6.45, 7) is 4.85. The molecule has 0 atom stereocenters. The Labute approximate surface area is 257 Å². The topological polar surface area (TPSA) is 89.3 Å². The van der Waals surface area contributed by atoms with Gasteiger partial charge in [-0.3, -0.25) is 14.3 Å². The number of carbonyl (C=O) groups excluding carboxylic acids is 1. The Balaban J connectivity index is 1.14. The van der Waals surface area contributed by atoms with E-state index < -0.39 is 0 Å². The molecule has 1 aliphatic rings.